The van der Waals surface area contributed by atoms with E-state index in [1.54, 1.807) is 0 Å². The Kier molecular flexibility index (Phi) is 3.49. The van der Waals surface area contributed by atoms with Crippen molar-refractivity contribution < 1.29 is 4.74 Å². The average Bonchev–Trinajstić information content (AvgIpc) is 2.81. The molecule has 0 fully saturated rings. The number of benzene rings is 2. The van der Waals surface area contributed by atoms with Gasteiger partial charge in [-0.2, -0.15) is 0 Å². The van der Waals surface area contributed by atoms with Crippen molar-refractivity contribution in [3.63, 3.8) is 0 Å². The summed E-state index contributed by atoms with van der Waals surface area (Å²) in [7, 11) is 4.27. The molecule has 0 amide bonds. The van der Waals surface area contributed by atoms with E-state index in [-0.39, 0.29) is 6.10 Å². The van der Waals surface area contributed by atoms with Gasteiger partial charge < -0.3 is 9.64 Å². The molecular formula is C18H21NO. The number of hydrogen-bond donors (Lipinski definition) is 0. The lowest BCUT2D eigenvalue weighted by Crippen LogP contribution is -2.18. The van der Waals surface area contributed by atoms with Crippen LogP contribution in [0.1, 0.15) is 35.3 Å². The number of hydrogen-bond acceptors (Lipinski definition) is 2. The summed E-state index contributed by atoms with van der Waals surface area (Å²) < 4.78 is 6.29. The minimum atomic E-state index is 0.152. The molecule has 0 aliphatic heterocycles. The van der Waals surface area contributed by atoms with E-state index in [2.05, 4.69) is 62.3 Å². The molecule has 0 unspecified atom stereocenters. The van der Waals surface area contributed by atoms with E-state index in [1.165, 1.54) is 16.7 Å². The van der Waals surface area contributed by atoms with Crippen LogP contribution in [0, 0.1) is 6.92 Å². The third kappa shape index (κ3) is 2.32. The molecule has 1 aliphatic carbocycles. The van der Waals surface area contributed by atoms with Gasteiger partial charge in [0.15, 0.2) is 0 Å². The van der Waals surface area contributed by atoms with Crippen LogP contribution in [0.5, 0.6) is 5.75 Å². The zero-order chi connectivity index (χ0) is 14.1. The molecule has 0 saturated carbocycles. The van der Waals surface area contributed by atoms with E-state index >= 15 is 0 Å². The van der Waals surface area contributed by atoms with Crippen LogP contribution in [-0.4, -0.2) is 19.0 Å². The number of nitrogens with zero attached hydrogens (tertiary/aromatic N) is 1. The molecule has 2 atom stereocenters. The summed E-state index contributed by atoms with van der Waals surface area (Å²) in [4.78, 5) is 2.28. The van der Waals surface area contributed by atoms with Crippen molar-refractivity contribution in [1.29, 1.82) is 0 Å². The Labute approximate surface area is 121 Å². The van der Waals surface area contributed by atoms with E-state index < -0.39 is 0 Å². The number of aryl methyl sites for hydroxylation is 1. The summed E-state index contributed by atoms with van der Waals surface area (Å²) in [5, 5.41) is 0. The minimum Gasteiger partial charge on any atom is -0.485 e. The molecule has 0 radical (unpaired) electrons. The first-order chi connectivity index (χ1) is 9.66. The molecule has 20 heavy (non-hydrogen) atoms. The molecule has 0 bridgehead atoms. The fourth-order valence-electron chi connectivity index (χ4n) is 3.01. The van der Waals surface area contributed by atoms with Crippen molar-refractivity contribution in [1.82, 2.24) is 4.90 Å². The lowest BCUT2D eigenvalue weighted by molar-refractivity contribution is 0.169. The fourth-order valence-corrected chi connectivity index (χ4v) is 3.01. The zero-order valence-electron chi connectivity index (χ0n) is 12.3. The number of para-hydroxylation sites is 1. The van der Waals surface area contributed by atoms with Crippen molar-refractivity contribution in [3.05, 3.63) is 65.2 Å². The fraction of sp³-hybridized carbons (Fsp3) is 0.333. The van der Waals surface area contributed by atoms with E-state index in [0.717, 1.165) is 12.2 Å². The second-order valence-corrected chi connectivity index (χ2v) is 5.72. The Hall–Kier alpha value is -1.80. The largest absolute Gasteiger partial charge is 0.485 e. The van der Waals surface area contributed by atoms with Gasteiger partial charge in [-0.05, 0) is 43.8 Å². The molecule has 2 nitrogen and oxygen atoms in total. The zero-order valence-corrected chi connectivity index (χ0v) is 12.3. The Balaban J connectivity index is 1.91. The highest BCUT2D eigenvalue weighted by Crippen LogP contribution is 2.43. The van der Waals surface area contributed by atoms with Gasteiger partial charge in [0, 0.05) is 12.5 Å². The number of rotatable bonds is 3. The van der Waals surface area contributed by atoms with Crippen molar-refractivity contribution in [2.75, 3.05) is 14.1 Å². The molecule has 0 saturated heterocycles. The Morgan fingerprint density at radius 2 is 1.60 bits per heavy atom. The monoisotopic (exact) mass is 267 g/mol. The Morgan fingerprint density at radius 1 is 0.950 bits per heavy atom. The molecular weight excluding hydrogens is 246 g/mol. The molecule has 104 valence electrons. The van der Waals surface area contributed by atoms with Gasteiger partial charge in [0.25, 0.3) is 0 Å². The maximum absolute atomic E-state index is 6.29. The summed E-state index contributed by atoms with van der Waals surface area (Å²) in [5.41, 5.74) is 3.92. The maximum atomic E-state index is 6.29. The molecule has 2 heteroatoms. The molecule has 0 aromatic heterocycles. The first-order valence-corrected chi connectivity index (χ1v) is 7.14. The lowest BCUT2D eigenvalue weighted by atomic mass is 10.1. The molecule has 2 aromatic rings. The SMILES string of the molecule is Cc1ccccc1O[C@H]1C[C@@H](N(C)C)c2ccccc21. The van der Waals surface area contributed by atoms with Crippen LogP contribution in [-0.2, 0) is 0 Å². The van der Waals surface area contributed by atoms with Crippen LogP contribution in [0.25, 0.3) is 0 Å². The second-order valence-electron chi connectivity index (χ2n) is 5.72. The van der Waals surface area contributed by atoms with Crippen LogP contribution >= 0.6 is 0 Å². The van der Waals surface area contributed by atoms with Gasteiger partial charge in [0.1, 0.15) is 11.9 Å². The van der Waals surface area contributed by atoms with Crippen molar-refractivity contribution >= 4 is 0 Å². The van der Waals surface area contributed by atoms with Crippen molar-refractivity contribution in [3.8, 4) is 5.75 Å². The van der Waals surface area contributed by atoms with Crippen molar-refractivity contribution in [2.24, 2.45) is 0 Å². The molecule has 3 rings (SSSR count). The number of fused-ring (bicyclic) bond motifs is 1. The first-order valence-electron chi connectivity index (χ1n) is 7.14. The minimum absolute atomic E-state index is 0.152. The van der Waals surface area contributed by atoms with Gasteiger partial charge in [0.2, 0.25) is 0 Å². The van der Waals surface area contributed by atoms with E-state index in [0.29, 0.717) is 6.04 Å². The normalized spacial score (nSPS) is 21.0. The third-order valence-corrected chi connectivity index (χ3v) is 4.13. The summed E-state index contributed by atoms with van der Waals surface area (Å²) in [6, 6.07) is 17.3. The summed E-state index contributed by atoms with van der Waals surface area (Å²) >= 11 is 0. The van der Waals surface area contributed by atoms with Crippen LogP contribution in [0.2, 0.25) is 0 Å². The molecule has 0 N–H and O–H groups in total. The third-order valence-electron chi connectivity index (χ3n) is 4.13. The summed E-state index contributed by atoms with van der Waals surface area (Å²) in [6.45, 7) is 2.10. The lowest BCUT2D eigenvalue weighted by Gasteiger charge is -2.20. The average molecular weight is 267 g/mol. The predicted molar refractivity (Wildman–Crippen MR) is 82.0 cm³/mol. The van der Waals surface area contributed by atoms with Gasteiger partial charge in [-0.25, -0.2) is 0 Å². The Morgan fingerprint density at radius 3 is 2.30 bits per heavy atom. The van der Waals surface area contributed by atoms with Crippen LogP contribution in [0.3, 0.4) is 0 Å². The molecule has 2 aromatic carbocycles. The highest BCUT2D eigenvalue weighted by molar-refractivity contribution is 5.39. The predicted octanol–water partition coefficient (Wildman–Crippen LogP) is 4.12. The van der Waals surface area contributed by atoms with Crippen LogP contribution in [0.4, 0.5) is 0 Å². The van der Waals surface area contributed by atoms with E-state index in [9.17, 15) is 0 Å². The van der Waals surface area contributed by atoms with Gasteiger partial charge in [-0.3, -0.25) is 0 Å². The van der Waals surface area contributed by atoms with Gasteiger partial charge in [-0.15, -0.1) is 0 Å². The topological polar surface area (TPSA) is 12.5 Å². The van der Waals surface area contributed by atoms with Crippen LogP contribution < -0.4 is 4.74 Å². The van der Waals surface area contributed by atoms with Crippen molar-refractivity contribution in [2.45, 2.75) is 25.5 Å². The van der Waals surface area contributed by atoms with E-state index in [1.807, 2.05) is 12.1 Å². The standard InChI is InChI=1S/C18H21NO/c1-13-8-4-7-11-17(13)20-18-12-16(19(2)3)14-9-5-6-10-15(14)18/h4-11,16,18H,12H2,1-3H3/t16-,18+/m1/s1. The smallest absolute Gasteiger partial charge is 0.126 e. The highest BCUT2D eigenvalue weighted by atomic mass is 16.5. The highest BCUT2D eigenvalue weighted by Gasteiger charge is 2.33. The van der Waals surface area contributed by atoms with Crippen LogP contribution in [0.15, 0.2) is 48.5 Å². The Bertz CT molecular complexity index is 606. The van der Waals surface area contributed by atoms with Gasteiger partial charge in [0.05, 0.1) is 0 Å². The summed E-state index contributed by atoms with van der Waals surface area (Å²) in [5.74, 6) is 0.992. The number of ether oxygens (including phenoxy) is 1. The quantitative estimate of drug-likeness (QED) is 0.829. The summed E-state index contributed by atoms with van der Waals surface area (Å²) in [6.07, 6.45) is 1.17. The molecule has 0 heterocycles. The molecule has 1 aliphatic rings. The molecule has 0 spiro atoms. The first kappa shape index (κ1) is 13.2. The second kappa shape index (κ2) is 5.29. The van der Waals surface area contributed by atoms with Gasteiger partial charge >= 0.3 is 0 Å². The van der Waals surface area contributed by atoms with Gasteiger partial charge in [-0.1, -0.05) is 42.5 Å². The van der Waals surface area contributed by atoms with E-state index in [4.69, 9.17) is 4.74 Å². The maximum Gasteiger partial charge on any atom is 0.126 e.